The highest BCUT2D eigenvalue weighted by Crippen LogP contribution is 2.12. The van der Waals surface area contributed by atoms with Gasteiger partial charge in [0.1, 0.15) is 0 Å². The predicted octanol–water partition coefficient (Wildman–Crippen LogP) is 1.13. The van der Waals surface area contributed by atoms with Crippen LogP contribution in [0.5, 0.6) is 0 Å². The summed E-state index contributed by atoms with van der Waals surface area (Å²) < 4.78 is 0. The van der Waals surface area contributed by atoms with E-state index in [-0.39, 0.29) is 12.3 Å². The Bertz CT molecular complexity index is 372. The molecule has 0 aromatic heterocycles. The summed E-state index contributed by atoms with van der Waals surface area (Å²) in [7, 11) is 0. The molecule has 1 N–H and O–H groups in total. The van der Waals surface area contributed by atoms with Gasteiger partial charge in [-0.3, -0.25) is 4.79 Å². The fourth-order valence-corrected chi connectivity index (χ4v) is 1.99. The molecule has 1 atom stereocenters. The van der Waals surface area contributed by atoms with Gasteiger partial charge >= 0.3 is 0 Å². The van der Waals surface area contributed by atoms with E-state index < -0.39 is 6.10 Å². The van der Waals surface area contributed by atoms with Gasteiger partial charge in [0.05, 0.1) is 12.5 Å². The lowest BCUT2D eigenvalue weighted by atomic mass is 10.1. The molecule has 1 unspecified atom stereocenters. The number of hydrogen-bond donors (Lipinski definition) is 1. The van der Waals surface area contributed by atoms with Gasteiger partial charge in [-0.1, -0.05) is 29.8 Å². The van der Waals surface area contributed by atoms with Crippen LogP contribution < -0.4 is 0 Å². The summed E-state index contributed by atoms with van der Waals surface area (Å²) in [6.45, 7) is 3.26. The highest BCUT2D eigenvalue weighted by molar-refractivity contribution is 5.79. The van der Waals surface area contributed by atoms with Crippen molar-refractivity contribution in [3.63, 3.8) is 0 Å². The first-order valence-corrected chi connectivity index (χ1v) is 5.66. The Kier molecular flexibility index (Phi) is 3.25. The second kappa shape index (κ2) is 4.66. The Morgan fingerprint density at radius 2 is 2.06 bits per heavy atom. The first kappa shape index (κ1) is 11.1. The summed E-state index contributed by atoms with van der Waals surface area (Å²) in [6.07, 6.45) is 0.678. The number of amides is 1. The van der Waals surface area contributed by atoms with E-state index in [0.717, 1.165) is 6.42 Å². The number of carbonyl (C=O) groups excluding carboxylic acids is 1. The van der Waals surface area contributed by atoms with Crippen molar-refractivity contribution in [2.45, 2.75) is 25.9 Å². The van der Waals surface area contributed by atoms with Crippen LogP contribution in [0, 0.1) is 6.92 Å². The van der Waals surface area contributed by atoms with Crippen LogP contribution >= 0.6 is 0 Å². The van der Waals surface area contributed by atoms with E-state index in [9.17, 15) is 9.90 Å². The van der Waals surface area contributed by atoms with Crippen LogP contribution in [-0.4, -0.2) is 35.1 Å². The summed E-state index contributed by atoms with van der Waals surface area (Å²) in [5.74, 6) is 0.0691. The monoisotopic (exact) mass is 219 g/mol. The van der Waals surface area contributed by atoms with Crippen molar-refractivity contribution in [2.24, 2.45) is 0 Å². The largest absolute Gasteiger partial charge is 0.391 e. The minimum atomic E-state index is -0.467. The quantitative estimate of drug-likeness (QED) is 0.828. The smallest absolute Gasteiger partial charge is 0.225 e. The van der Waals surface area contributed by atoms with Crippen molar-refractivity contribution in [2.75, 3.05) is 13.1 Å². The van der Waals surface area contributed by atoms with Crippen LogP contribution in [0.1, 0.15) is 17.5 Å². The molecule has 16 heavy (non-hydrogen) atoms. The maximum absolute atomic E-state index is 11.4. The Hall–Kier alpha value is -1.35. The number of aryl methyl sites for hydroxylation is 1. The Morgan fingerprint density at radius 3 is 2.62 bits per heavy atom. The van der Waals surface area contributed by atoms with Crippen molar-refractivity contribution >= 4 is 5.91 Å². The van der Waals surface area contributed by atoms with Crippen molar-refractivity contribution in [3.8, 4) is 0 Å². The zero-order chi connectivity index (χ0) is 11.5. The molecule has 1 aliphatic rings. The molecule has 0 saturated carbocycles. The average molecular weight is 219 g/mol. The molecule has 0 radical (unpaired) electrons. The standard InChI is InChI=1S/C13H17NO2/c1-10-2-4-11(5-3-10)6-7-14-9-12(15)8-13(14)16/h2-5,12,15H,6-9H2,1H3. The summed E-state index contributed by atoms with van der Waals surface area (Å²) in [6, 6.07) is 8.34. The number of aliphatic hydroxyl groups is 1. The van der Waals surface area contributed by atoms with E-state index in [1.54, 1.807) is 4.90 Å². The second-order valence-corrected chi connectivity index (χ2v) is 4.43. The Balaban J connectivity index is 1.88. The molecule has 2 rings (SSSR count). The number of rotatable bonds is 3. The molecule has 0 bridgehead atoms. The van der Waals surface area contributed by atoms with E-state index in [1.165, 1.54) is 11.1 Å². The second-order valence-electron chi connectivity index (χ2n) is 4.43. The maximum Gasteiger partial charge on any atom is 0.225 e. The number of hydrogen-bond acceptors (Lipinski definition) is 2. The first-order valence-electron chi connectivity index (χ1n) is 5.66. The number of aliphatic hydroxyl groups excluding tert-OH is 1. The minimum Gasteiger partial charge on any atom is -0.391 e. The third-order valence-corrected chi connectivity index (χ3v) is 2.99. The van der Waals surface area contributed by atoms with Crippen LogP contribution in [0.3, 0.4) is 0 Å². The van der Waals surface area contributed by atoms with Crippen LogP contribution in [0.2, 0.25) is 0 Å². The van der Waals surface area contributed by atoms with Crippen molar-refractivity contribution < 1.29 is 9.90 Å². The van der Waals surface area contributed by atoms with Crippen molar-refractivity contribution in [1.29, 1.82) is 0 Å². The summed E-state index contributed by atoms with van der Waals surface area (Å²) in [5, 5.41) is 9.34. The summed E-state index contributed by atoms with van der Waals surface area (Å²) in [5.41, 5.74) is 2.48. The van der Waals surface area contributed by atoms with Crippen molar-refractivity contribution in [1.82, 2.24) is 4.90 Å². The fraction of sp³-hybridized carbons (Fsp3) is 0.462. The highest BCUT2D eigenvalue weighted by Gasteiger charge is 2.27. The van der Waals surface area contributed by atoms with Gasteiger partial charge in [0.2, 0.25) is 5.91 Å². The van der Waals surface area contributed by atoms with Gasteiger partial charge in [-0.2, -0.15) is 0 Å². The number of benzene rings is 1. The van der Waals surface area contributed by atoms with Crippen LogP contribution in [-0.2, 0) is 11.2 Å². The van der Waals surface area contributed by atoms with E-state index >= 15 is 0 Å². The first-order chi connectivity index (χ1) is 7.65. The van der Waals surface area contributed by atoms with E-state index in [1.807, 2.05) is 0 Å². The van der Waals surface area contributed by atoms with E-state index in [0.29, 0.717) is 13.1 Å². The van der Waals surface area contributed by atoms with E-state index in [4.69, 9.17) is 0 Å². The maximum atomic E-state index is 11.4. The molecule has 1 amide bonds. The van der Waals surface area contributed by atoms with Gasteiger partial charge in [-0.05, 0) is 18.9 Å². The molecule has 1 heterocycles. The molecule has 3 heteroatoms. The lowest BCUT2D eigenvalue weighted by Crippen LogP contribution is -2.28. The molecule has 0 spiro atoms. The Morgan fingerprint density at radius 1 is 1.38 bits per heavy atom. The summed E-state index contributed by atoms with van der Waals surface area (Å²) in [4.78, 5) is 13.2. The number of β-amino-alcohol motifs (C(OH)–C–C–N with tert-alkyl or cyclic N) is 1. The fourth-order valence-electron chi connectivity index (χ4n) is 1.99. The lowest BCUT2D eigenvalue weighted by Gasteiger charge is -2.15. The zero-order valence-corrected chi connectivity index (χ0v) is 9.52. The third-order valence-electron chi connectivity index (χ3n) is 2.99. The molecule has 1 aromatic carbocycles. The molecule has 86 valence electrons. The third kappa shape index (κ3) is 2.61. The van der Waals surface area contributed by atoms with Gasteiger partial charge in [-0.15, -0.1) is 0 Å². The molecule has 3 nitrogen and oxygen atoms in total. The van der Waals surface area contributed by atoms with Crippen LogP contribution in [0.4, 0.5) is 0 Å². The molecule has 1 aliphatic heterocycles. The zero-order valence-electron chi connectivity index (χ0n) is 9.52. The normalized spacial score (nSPS) is 20.5. The van der Waals surface area contributed by atoms with Gasteiger partial charge in [0.15, 0.2) is 0 Å². The van der Waals surface area contributed by atoms with Gasteiger partial charge < -0.3 is 10.0 Å². The average Bonchev–Trinajstić information content (AvgIpc) is 2.57. The molecular weight excluding hydrogens is 202 g/mol. The van der Waals surface area contributed by atoms with Crippen molar-refractivity contribution in [3.05, 3.63) is 35.4 Å². The topological polar surface area (TPSA) is 40.5 Å². The molecule has 1 saturated heterocycles. The van der Waals surface area contributed by atoms with Crippen LogP contribution in [0.15, 0.2) is 24.3 Å². The molecule has 1 fully saturated rings. The number of likely N-dealkylation sites (tertiary alicyclic amines) is 1. The highest BCUT2D eigenvalue weighted by atomic mass is 16.3. The summed E-state index contributed by atoms with van der Waals surface area (Å²) >= 11 is 0. The lowest BCUT2D eigenvalue weighted by molar-refractivity contribution is -0.127. The SMILES string of the molecule is Cc1ccc(CCN2CC(O)CC2=O)cc1. The molecular formula is C13H17NO2. The minimum absolute atomic E-state index is 0.0691. The van der Waals surface area contributed by atoms with Gasteiger partial charge in [0.25, 0.3) is 0 Å². The molecule has 1 aromatic rings. The number of nitrogens with zero attached hydrogens (tertiary/aromatic N) is 1. The van der Waals surface area contributed by atoms with Gasteiger partial charge in [0, 0.05) is 13.1 Å². The molecule has 0 aliphatic carbocycles. The van der Waals surface area contributed by atoms with Gasteiger partial charge in [-0.25, -0.2) is 0 Å². The van der Waals surface area contributed by atoms with E-state index in [2.05, 4.69) is 31.2 Å². The number of carbonyl (C=O) groups is 1. The van der Waals surface area contributed by atoms with Crippen LogP contribution in [0.25, 0.3) is 0 Å². The Labute approximate surface area is 95.7 Å². The predicted molar refractivity (Wildman–Crippen MR) is 62.1 cm³/mol.